The van der Waals surface area contributed by atoms with E-state index in [9.17, 15) is 9.90 Å². The second-order valence-corrected chi connectivity index (χ2v) is 4.47. The van der Waals surface area contributed by atoms with Crippen LogP contribution in [0.3, 0.4) is 0 Å². The van der Waals surface area contributed by atoms with E-state index in [4.69, 9.17) is 9.47 Å². The Bertz CT molecular complexity index is 333. The zero-order chi connectivity index (χ0) is 11.9. The summed E-state index contributed by atoms with van der Waals surface area (Å²) in [6.07, 6.45) is 0.540. The summed E-state index contributed by atoms with van der Waals surface area (Å²) in [6.45, 7) is 3.58. The second kappa shape index (κ2) is 3.84. The molecule has 2 rings (SSSR count). The third kappa shape index (κ3) is 1.86. The lowest BCUT2D eigenvalue weighted by Gasteiger charge is -2.26. The summed E-state index contributed by atoms with van der Waals surface area (Å²) in [7, 11) is 1.29. The molecule has 3 atom stereocenters. The van der Waals surface area contributed by atoms with Crippen molar-refractivity contribution in [3.8, 4) is 0 Å². The summed E-state index contributed by atoms with van der Waals surface area (Å²) in [5.74, 6) is -1.23. The molecule has 5 nitrogen and oxygen atoms in total. The molecule has 0 unspecified atom stereocenters. The number of hydrogen-bond acceptors (Lipinski definition) is 5. The maximum atomic E-state index is 11.4. The van der Waals surface area contributed by atoms with Crippen molar-refractivity contribution in [3.05, 3.63) is 11.6 Å². The number of aliphatic hydroxyl groups is 1. The fourth-order valence-corrected chi connectivity index (χ4v) is 2.18. The van der Waals surface area contributed by atoms with E-state index in [-0.39, 0.29) is 11.7 Å². The topological polar surface area (TPSA) is 65.0 Å². The average Bonchev–Trinajstić information content (AvgIpc) is 2.53. The first-order valence-electron chi connectivity index (χ1n) is 5.26. The Kier molecular flexibility index (Phi) is 2.77. The fourth-order valence-electron chi connectivity index (χ4n) is 2.18. The number of aliphatic hydroxyl groups excluding tert-OH is 1. The van der Waals surface area contributed by atoms with Crippen LogP contribution in [-0.2, 0) is 19.0 Å². The smallest absolute Gasteiger partial charge is 0.336 e. The summed E-state index contributed by atoms with van der Waals surface area (Å²) in [5, 5.41) is 10.00. The third-order valence-corrected chi connectivity index (χ3v) is 2.84. The van der Waals surface area contributed by atoms with Gasteiger partial charge in [0.25, 0.3) is 0 Å². The molecule has 90 valence electrons. The van der Waals surface area contributed by atoms with Crippen LogP contribution in [0.15, 0.2) is 11.6 Å². The first kappa shape index (κ1) is 11.6. The van der Waals surface area contributed by atoms with Gasteiger partial charge in [0.15, 0.2) is 5.79 Å². The zero-order valence-corrected chi connectivity index (χ0v) is 9.60. The maximum absolute atomic E-state index is 11.4. The van der Waals surface area contributed by atoms with Crippen LogP contribution in [0.1, 0.15) is 20.3 Å². The minimum absolute atomic E-state index is 0.196. The van der Waals surface area contributed by atoms with Gasteiger partial charge in [0.05, 0.1) is 18.8 Å². The summed E-state index contributed by atoms with van der Waals surface area (Å²) in [4.78, 5) is 11.4. The molecule has 0 amide bonds. The van der Waals surface area contributed by atoms with Gasteiger partial charge in [-0.15, -0.1) is 0 Å². The van der Waals surface area contributed by atoms with Gasteiger partial charge in [0, 0.05) is 0 Å². The van der Waals surface area contributed by atoms with Gasteiger partial charge < -0.3 is 19.3 Å². The lowest BCUT2D eigenvalue weighted by molar-refractivity contribution is -0.154. The van der Waals surface area contributed by atoms with E-state index in [0.717, 1.165) is 0 Å². The standard InChI is InChI=1S/C11H16O5/c1-11(2)15-7-5-4-6(10(13)14-3)8(12)9(7)16-11/h4,7-9,12H,5H2,1-3H3/t7-,8+,9-/m0/s1. The van der Waals surface area contributed by atoms with Gasteiger partial charge in [0.1, 0.15) is 12.2 Å². The molecule has 5 heteroatoms. The molecule has 0 bridgehead atoms. The van der Waals surface area contributed by atoms with Crippen LogP contribution < -0.4 is 0 Å². The van der Waals surface area contributed by atoms with Gasteiger partial charge in [-0.05, 0) is 20.3 Å². The highest BCUT2D eigenvalue weighted by molar-refractivity contribution is 5.89. The predicted molar refractivity (Wildman–Crippen MR) is 54.5 cm³/mol. The maximum Gasteiger partial charge on any atom is 0.336 e. The van der Waals surface area contributed by atoms with Gasteiger partial charge in [-0.3, -0.25) is 0 Å². The van der Waals surface area contributed by atoms with Gasteiger partial charge in [-0.25, -0.2) is 4.79 Å². The molecule has 0 aromatic carbocycles. The Morgan fingerprint density at radius 3 is 2.88 bits per heavy atom. The predicted octanol–water partition coefficient (Wildman–Crippen LogP) is 0.370. The largest absolute Gasteiger partial charge is 0.466 e. The van der Waals surface area contributed by atoms with E-state index in [1.165, 1.54) is 7.11 Å². The minimum Gasteiger partial charge on any atom is -0.466 e. The van der Waals surface area contributed by atoms with Crippen molar-refractivity contribution in [2.24, 2.45) is 0 Å². The molecule has 0 spiro atoms. The molecular weight excluding hydrogens is 212 g/mol. The van der Waals surface area contributed by atoms with Crippen LogP contribution in [0.2, 0.25) is 0 Å². The van der Waals surface area contributed by atoms with Crippen molar-refractivity contribution >= 4 is 5.97 Å². The molecule has 0 aromatic heterocycles. The summed E-state index contributed by atoms with van der Waals surface area (Å²) < 4.78 is 15.8. The number of rotatable bonds is 1. The van der Waals surface area contributed by atoms with Crippen molar-refractivity contribution in [1.29, 1.82) is 0 Å². The van der Waals surface area contributed by atoms with Crippen LogP contribution in [-0.4, -0.2) is 42.3 Å². The lowest BCUT2D eigenvalue weighted by Crippen LogP contribution is -2.41. The molecule has 2 aliphatic rings. The fraction of sp³-hybridized carbons (Fsp3) is 0.727. The van der Waals surface area contributed by atoms with E-state index in [2.05, 4.69) is 4.74 Å². The molecule has 1 aliphatic carbocycles. The van der Waals surface area contributed by atoms with Crippen LogP contribution in [0.4, 0.5) is 0 Å². The number of fused-ring (bicyclic) bond motifs is 1. The highest BCUT2D eigenvalue weighted by atomic mass is 16.8. The number of carbonyl (C=O) groups is 1. The van der Waals surface area contributed by atoms with Crippen molar-refractivity contribution in [1.82, 2.24) is 0 Å². The number of ether oxygens (including phenoxy) is 3. The van der Waals surface area contributed by atoms with Gasteiger partial charge in [-0.2, -0.15) is 0 Å². The van der Waals surface area contributed by atoms with Gasteiger partial charge in [-0.1, -0.05) is 6.08 Å². The van der Waals surface area contributed by atoms with Crippen molar-refractivity contribution in [2.75, 3.05) is 7.11 Å². The van der Waals surface area contributed by atoms with Gasteiger partial charge in [0.2, 0.25) is 0 Å². The molecule has 1 fully saturated rings. The first-order valence-corrected chi connectivity index (χ1v) is 5.26. The van der Waals surface area contributed by atoms with E-state index < -0.39 is 24.0 Å². The number of carbonyl (C=O) groups excluding carboxylic acids is 1. The van der Waals surface area contributed by atoms with Crippen LogP contribution in [0.25, 0.3) is 0 Å². The van der Waals surface area contributed by atoms with Gasteiger partial charge >= 0.3 is 5.97 Å². The Labute approximate surface area is 94.0 Å². The zero-order valence-electron chi connectivity index (χ0n) is 9.60. The Hall–Kier alpha value is -0.910. The Morgan fingerprint density at radius 2 is 2.25 bits per heavy atom. The van der Waals surface area contributed by atoms with Crippen LogP contribution >= 0.6 is 0 Å². The molecule has 1 N–H and O–H groups in total. The van der Waals surface area contributed by atoms with Crippen molar-refractivity contribution in [3.63, 3.8) is 0 Å². The molecule has 1 saturated heterocycles. The monoisotopic (exact) mass is 228 g/mol. The molecule has 16 heavy (non-hydrogen) atoms. The normalized spacial score (nSPS) is 36.5. The van der Waals surface area contributed by atoms with Crippen LogP contribution in [0.5, 0.6) is 0 Å². The third-order valence-electron chi connectivity index (χ3n) is 2.84. The molecular formula is C11H16O5. The van der Waals surface area contributed by atoms with E-state index in [0.29, 0.717) is 6.42 Å². The SMILES string of the molecule is COC(=O)C1=CC[C@@H]2OC(C)(C)O[C@@H]2[C@@H]1O. The minimum atomic E-state index is -0.979. The molecule has 0 radical (unpaired) electrons. The summed E-state index contributed by atoms with van der Waals surface area (Å²) in [5.41, 5.74) is 0.255. The van der Waals surface area contributed by atoms with Crippen LogP contribution in [0, 0.1) is 0 Å². The lowest BCUT2D eigenvalue weighted by atomic mass is 9.91. The Morgan fingerprint density at radius 1 is 1.56 bits per heavy atom. The highest BCUT2D eigenvalue weighted by Gasteiger charge is 2.48. The molecule has 0 saturated carbocycles. The molecule has 1 heterocycles. The number of hydrogen-bond donors (Lipinski definition) is 1. The first-order chi connectivity index (χ1) is 7.44. The average molecular weight is 228 g/mol. The van der Waals surface area contributed by atoms with Crippen molar-refractivity contribution < 1.29 is 24.1 Å². The summed E-state index contributed by atoms with van der Waals surface area (Å²) in [6, 6.07) is 0. The quantitative estimate of drug-likeness (QED) is 0.657. The highest BCUT2D eigenvalue weighted by Crippen LogP contribution is 2.36. The van der Waals surface area contributed by atoms with E-state index >= 15 is 0 Å². The number of esters is 1. The van der Waals surface area contributed by atoms with Crippen molar-refractivity contribution in [2.45, 2.75) is 44.4 Å². The summed E-state index contributed by atoms with van der Waals surface area (Å²) >= 11 is 0. The van der Waals surface area contributed by atoms with E-state index in [1.807, 2.05) is 0 Å². The molecule has 0 aromatic rings. The van der Waals surface area contributed by atoms with E-state index in [1.54, 1.807) is 19.9 Å². The molecule has 1 aliphatic heterocycles. The second-order valence-electron chi connectivity index (χ2n) is 4.47. The Balaban J connectivity index is 2.18. The number of methoxy groups -OCH3 is 1.